The van der Waals surface area contributed by atoms with Crippen LogP contribution in [0.15, 0.2) is 30.5 Å². The zero-order chi connectivity index (χ0) is 17.0. The normalized spacial score (nSPS) is 11.3. The van der Waals surface area contributed by atoms with Gasteiger partial charge in [-0.05, 0) is 38.1 Å². The van der Waals surface area contributed by atoms with Crippen LogP contribution in [0.1, 0.15) is 20.3 Å². The van der Waals surface area contributed by atoms with Gasteiger partial charge in [0, 0.05) is 25.0 Å². The maximum atomic E-state index is 11.3. The predicted octanol–water partition coefficient (Wildman–Crippen LogP) is 2.38. The molecular weight excluding hydrogens is 296 g/mol. The third kappa shape index (κ3) is 4.32. The average molecular weight is 316 g/mol. The lowest BCUT2D eigenvalue weighted by Gasteiger charge is -2.19. The lowest BCUT2D eigenvalue weighted by atomic mass is 10.2. The van der Waals surface area contributed by atoms with Crippen molar-refractivity contribution >= 4 is 34.4 Å². The van der Waals surface area contributed by atoms with E-state index in [0.717, 1.165) is 22.7 Å². The second kappa shape index (κ2) is 6.95. The van der Waals surface area contributed by atoms with Gasteiger partial charge in [-0.25, -0.2) is 4.98 Å². The van der Waals surface area contributed by atoms with E-state index in [2.05, 4.69) is 29.1 Å². The van der Waals surface area contributed by atoms with Crippen molar-refractivity contribution in [3.8, 4) is 0 Å². The predicted molar refractivity (Wildman–Crippen MR) is 89.7 cm³/mol. The molecule has 122 valence electrons. The molecule has 1 heterocycles. The summed E-state index contributed by atoms with van der Waals surface area (Å²) in [4.78, 5) is 31.5. The van der Waals surface area contributed by atoms with Gasteiger partial charge in [-0.2, -0.15) is 0 Å². The van der Waals surface area contributed by atoms with Crippen LogP contribution in [-0.4, -0.2) is 39.9 Å². The zero-order valence-electron chi connectivity index (χ0n) is 13.3. The molecule has 0 aliphatic rings. The Morgan fingerprint density at radius 1 is 1.43 bits per heavy atom. The number of aromatic nitrogens is 2. The van der Waals surface area contributed by atoms with Crippen molar-refractivity contribution in [3.63, 3.8) is 0 Å². The lowest BCUT2D eigenvalue weighted by molar-refractivity contribution is -0.139. The Balaban J connectivity index is 2.09. The summed E-state index contributed by atoms with van der Waals surface area (Å²) in [5.41, 5.74) is 2.51. The quantitative estimate of drug-likeness (QED) is 0.536. The number of fused-ring (bicyclic) bond motifs is 1. The maximum Gasteiger partial charge on any atom is 0.311 e. The summed E-state index contributed by atoms with van der Waals surface area (Å²) in [5, 5.41) is 11.5. The second-order valence-electron chi connectivity index (χ2n) is 5.51. The molecule has 0 unspecified atom stereocenters. The fraction of sp³-hybridized carbons (Fsp3) is 0.312. The van der Waals surface area contributed by atoms with Gasteiger partial charge in [-0.15, -0.1) is 0 Å². The summed E-state index contributed by atoms with van der Waals surface area (Å²) in [6.45, 7) is 4.16. The number of ketones is 1. The van der Waals surface area contributed by atoms with Gasteiger partial charge >= 0.3 is 5.97 Å². The van der Waals surface area contributed by atoms with Crippen molar-refractivity contribution in [2.75, 3.05) is 17.3 Å². The summed E-state index contributed by atoms with van der Waals surface area (Å²) in [7, 11) is 1.97. The molecule has 3 N–H and O–H groups in total. The van der Waals surface area contributed by atoms with E-state index in [0.29, 0.717) is 6.04 Å². The van der Waals surface area contributed by atoms with E-state index in [1.165, 1.54) is 12.3 Å². The largest absolute Gasteiger partial charge is 0.481 e. The number of aromatic amines is 1. The summed E-state index contributed by atoms with van der Waals surface area (Å²) < 4.78 is 0. The van der Waals surface area contributed by atoms with Crippen LogP contribution in [0.4, 0.5) is 11.6 Å². The number of hydrogen-bond acceptors (Lipinski definition) is 5. The number of rotatable bonds is 7. The molecule has 0 radical (unpaired) electrons. The van der Waals surface area contributed by atoms with Crippen LogP contribution in [-0.2, 0) is 9.59 Å². The van der Waals surface area contributed by atoms with Crippen molar-refractivity contribution in [2.24, 2.45) is 0 Å². The molecule has 0 fully saturated rings. The van der Waals surface area contributed by atoms with E-state index in [4.69, 9.17) is 5.11 Å². The fourth-order valence-electron chi connectivity index (χ4n) is 1.94. The molecule has 0 spiro atoms. The molecule has 0 atom stereocenters. The maximum absolute atomic E-state index is 11.3. The van der Waals surface area contributed by atoms with Crippen molar-refractivity contribution in [3.05, 3.63) is 30.5 Å². The molecule has 0 saturated heterocycles. The number of benzene rings is 1. The van der Waals surface area contributed by atoms with E-state index in [9.17, 15) is 9.59 Å². The van der Waals surface area contributed by atoms with Crippen LogP contribution < -0.4 is 10.2 Å². The van der Waals surface area contributed by atoms with Crippen molar-refractivity contribution in [1.29, 1.82) is 0 Å². The molecule has 0 aliphatic carbocycles. The molecule has 7 nitrogen and oxygen atoms in total. The van der Waals surface area contributed by atoms with Gasteiger partial charge in [-0.3, -0.25) is 9.59 Å². The summed E-state index contributed by atoms with van der Waals surface area (Å²) in [6, 6.07) is 5.93. The molecule has 2 aromatic rings. The summed E-state index contributed by atoms with van der Waals surface area (Å²) in [5.74, 6) is -0.812. The van der Waals surface area contributed by atoms with Gasteiger partial charge in [0.2, 0.25) is 5.95 Å². The van der Waals surface area contributed by atoms with Crippen molar-refractivity contribution in [2.45, 2.75) is 26.3 Å². The summed E-state index contributed by atoms with van der Waals surface area (Å²) in [6.07, 6.45) is 2.13. The van der Waals surface area contributed by atoms with Gasteiger partial charge in [0.05, 0.1) is 11.0 Å². The molecule has 0 bridgehead atoms. The van der Waals surface area contributed by atoms with Gasteiger partial charge in [0.25, 0.3) is 0 Å². The number of carbonyl (C=O) groups is 2. The van der Waals surface area contributed by atoms with Gasteiger partial charge < -0.3 is 20.3 Å². The number of allylic oxidation sites excluding steroid dienone is 1. The van der Waals surface area contributed by atoms with Crippen LogP contribution >= 0.6 is 0 Å². The number of hydrogen-bond donors (Lipinski definition) is 3. The lowest BCUT2D eigenvalue weighted by Crippen LogP contribution is -2.26. The Bertz CT molecular complexity index is 749. The first-order valence-corrected chi connectivity index (χ1v) is 7.27. The highest BCUT2D eigenvalue weighted by Crippen LogP contribution is 2.21. The molecule has 2 rings (SSSR count). The molecular formula is C16H20N4O3. The first kappa shape index (κ1) is 16.5. The van der Waals surface area contributed by atoms with E-state index in [1.54, 1.807) is 0 Å². The smallest absolute Gasteiger partial charge is 0.311 e. The first-order valence-electron chi connectivity index (χ1n) is 7.27. The Hall–Kier alpha value is -2.83. The molecule has 23 heavy (non-hydrogen) atoms. The third-order valence-electron chi connectivity index (χ3n) is 3.42. The van der Waals surface area contributed by atoms with E-state index in [1.807, 2.05) is 30.1 Å². The Morgan fingerprint density at radius 3 is 2.83 bits per heavy atom. The number of anilines is 2. The number of imidazole rings is 1. The monoisotopic (exact) mass is 316 g/mol. The molecule has 1 aromatic carbocycles. The molecule has 0 saturated carbocycles. The minimum Gasteiger partial charge on any atom is -0.481 e. The van der Waals surface area contributed by atoms with Crippen LogP contribution in [0.2, 0.25) is 0 Å². The van der Waals surface area contributed by atoms with Crippen LogP contribution in [0, 0.1) is 0 Å². The third-order valence-corrected chi connectivity index (χ3v) is 3.42. The number of nitrogens with zero attached hydrogens (tertiary/aromatic N) is 2. The highest BCUT2D eigenvalue weighted by molar-refractivity contribution is 6.01. The molecule has 0 amide bonds. The minimum atomic E-state index is -1.14. The number of carboxylic acid groups (broad SMARTS) is 1. The number of nitrogens with one attached hydrogen (secondary N) is 2. The van der Waals surface area contributed by atoms with Crippen molar-refractivity contribution in [1.82, 2.24) is 9.97 Å². The van der Waals surface area contributed by atoms with Gasteiger partial charge in [0.15, 0.2) is 5.78 Å². The summed E-state index contributed by atoms with van der Waals surface area (Å²) >= 11 is 0. The van der Waals surface area contributed by atoms with Crippen LogP contribution in [0.25, 0.3) is 11.0 Å². The zero-order valence-corrected chi connectivity index (χ0v) is 13.3. The van der Waals surface area contributed by atoms with Gasteiger partial charge in [0.1, 0.15) is 6.42 Å². The average Bonchev–Trinajstić information content (AvgIpc) is 2.88. The first-order chi connectivity index (χ1) is 10.9. The van der Waals surface area contributed by atoms with Crippen LogP contribution in [0.3, 0.4) is 0 Å². The Morgan fingerprint density at radius 2 is 2.17 bits per heavy atom. The Kier molecular flexibility index (Phi) is 5.00. The van der Waals surface area contributed by atoms with Crippen LogP contribution in [0.5, 0.6) is 0 Å². The Labute approximate surface area is 134 Å². The number of carbonyl (C=O) groups excluding carboxylic acids is 1. The molecule has 0 aliphatic heterocycles. The topological polar surface area (TPSA) is 98.3 Å². The highest BCUT2D eigenvalue weighted by atomic mass is 16.4. The van der Waals surface area contributed by atoms with E-state index in [-0.39, 0.29) is 0 Å². The van der Waals surface area contributed by atoms with Gasteiger partial charge in [-0.1, -0.05) is 0 Å². The number of carboxylic acids is 1. The van der Waals surface area contributed by atoms with E-state index < -0.39 is 18.2 Å². The minimum absolute atomic E-state index is 0.330. The molecule has 1 aromatic heterocycles. The van der Waals surface area contributed by atoms with Crippen molar-refractivity contribution < 1.29 is 14.7 Å². The highest BCUT2D eigenvalue weighted by Gasteiger charge is 2.10. The van der Waals surface area contributed by atoms with E-state index >= 15 is 0 Å². The number of H-pyrrole nitrogens is 1. The molecule has 7 heteroatoms. The standard InChI is InChI=1S/C16H20N4O3/c1-10(2)20(3)16-18-13-5-4-11(8-14(13)19-16)17-7-6-12(21)9-15(22)23/h4-8,10,17H,9H2,1-3H3,(H,18,19)(H,22,23)/b7-6+. The SMILES string of the molecule is CC(C)N(C)c1nc2ccc(N/C=C/C(=O)CC(=O)O)cc2[nH]1. The second-order valence-corrected chi connectivity index (χ2v) is 5.51. The fourth-order valence-corrected chi connectivity index (χ4v) is 1.94. The number of aliphatic carboxylic acids is 1.